The number of carbonyl (C=O) groups excluding carboxylic acids is 1. The molecule has 1 unspecified atom stereocenters. The van der Waals surface area contributed by atoms with Gasteiger partial charge in [-0.2, -0.15) is 13.2 Å². The zero-order valence-electron chi connectivity index (χ0n) is 8.54. The molecule has 0 spiro atoms. The Hall–Kier alpha value is -1.76. The van der Waals surface area contributed by atoms with E-state index >= 15 is 0 Å². The highest BCUT2D eigenvalue weighted by molar-refractivity contribution is 5.89. The van der Waals surface area contributed by atoms with Crippen molar-refractivity contribution >= 4 is 5.97 Å². The van der Waals surface area contributed by atoms with E-state index in [0.717, 1.165) is 12.1 Å². The average Bonchev–Trinajstić information content (AvgIpc) is 2.51. The lowest BCUT2D eigenvalue weighted by Crippen LogP contribution is -2.47. The van der Waals surface area contributed by atoms with Crippen molar-refractivity contribution in [1.82, 2.24) is 0 Å². The summed E-state index contributed by atoms with van der Waals surface area (Å²) in [6, 6.07) is 3.39. The third-order valence-corrected chi connectivity index (χ3v) is 2.48. The van der Waals surface area contributed by atoms with Crippen molar-refractivity contribution in [3.8, 4) is 11.5 Å². The van der Waals surface area contributed by atoms with Gasteiger partial charge in [0.2, 0.25) is 0 Å². The van der Waals surface area contributed by atoms with Crippen LogP contribution in [0.4, 0.5) is 13.2 Å². The molecule has 92 valence electrons. The van der Waals surface area contributed by atoms with Crippen molar-refractivity contribution in [2.24, 2.45) is 0 Å². The Morgan fingerprint density at radius 3 is 2.59 bits per heavy atom. The molecule has 1 aliphatic rings. The topological polar surface area (TPSA) is 55.8 Å². The fourth-order valence-corrected chi connectivity index (χ4v) is 1.56. The van der Waals surface area contributed by atoms with Crippen molar-refractivity contribution in [2.75, 3.05) is 7.11 Å². The van der Waals surface area contributed by atoms with Crippen LogP contribution in [-0.2, 0) is 10.4 Å². The second-order valence-electron chi connectivity index (χ2n) is 3.46. The van der Waals surface area contributed by atoms with Gasteiger partial charge in [-0.25, -0.2) is 4.79 Å². The van der Waals surface area contributed by atoms with Gasteiger partial charge in [-0.3, -0.25) is 0 Å². The summed E-state index contributed by atoms with van der Waals surface area (Å²) in [7, 11) is 1.26. The average molecular weight is 248 g/mol. The van der Waals surface area contributed by atoms with Gasteiger partial charge in [0.1, 0.15) is 11.5 Å². The lowest BCUT2D eigenvalue weighted by molar-refractivity contribution is -0.258. The van der Waals surface area contributed by atoms with Crippen LogP contribution in [0, 0.1) is 0 Å². The van der Waals surface area contributed by atoms with Crippen LogP contribution in [0.15, 0.2) is 18.2 Å². The molecule has 1 aromatic rings. The van der Waals surface area contributed by atoms with E-state index in [-0.39, 0.29) is 11.5 Å². The number of halogens is 3. The van der Waals surface area contributed by atoms with Gasteiger partial charge in [0.25, 0.3) is 5.60 Å². The summed E-state index contributed by atoms with van der Waals surface area (Å²) >= 11 is 0. The number of fused-ring (bicyclic) bond motifs is 1. The summed E-state index contributed by atoms with van der Waals surface area (Å²) in [4.78, 5) is 11.2. The molecule has 1 N–H and O–H groups in total. The highest BCUT2D eigenvalue weighted by Crippen LogP contribution is 2.48. The Kier molecular flexibility index (Phi) is 2.32. The minimum Gasteiger partial charge on any atom is -0.497 e. The van der Waals surface area contributed by atoms with Crippen LogP contribution in [-0.4, -0.2) is 24.4 Å². The molecule has 0 bridgehead atoms. The van der Waals surface area contributed by atoms with Gasteiger partial charge in [-0.15, -0.1) is 0 Å². The Bertz CT molecular complexity index is 483. The molecule has 1 aliphatic heterocycles. The number of methoxy groups -OCH3 is 1. The van der Waals surface area contributed by atoms with Crippen molar-refractivity contribution < 1.29 is 32.5 Å². The third-order valence-electron chi connectivity index (χ3n) is 2.48. The minimum atomic E-state index is -5.15. The van der Waals surface area contributed by atoms with E-state index in [0.29, 0.717) is 0 Å². The fraction of sp³-hybridized carbons (Fsp3) is 0.300. The zero-order chi connectivity index (χ0) is 12.8. The number of ether oxygens (including phenoxy) is 2. The first-order valence-corrected chi connectivity index (χ1v) is 4.50. The molecular formula is C10H7F3O4. The van der Waals surface area contributed by atoms with Crippen LogP contribution in [0.3, 0.4) is 0 Å². The molecule has 0 saturated carbocycles. The van der Waals surface area contributed by atoms with Crippen molar-refractivity contribution in [1.29, 1.82) is 0 Å². The first kappa shape index (κ1) is 11.7. The minimum absolute atomic E-state index is 0.0877. The lowest BCUT2D eigenvalue weighted by Gasteiger charge is -2.22. The molecule has 2 rings (SSSR count). The Morgan fingerprint density at radius 1 is 1.41 bits per heavy atom. The molecule has 0 aromatic heterocycles. The molecule has 0 amide bonds. The smallest absolute Gasteiger partial charge is 0.432 e. The predicted octanol–water partition coefficient (Wildman–Crippen LogP) is 1.36. The molecule has 4 nitrogen and oxygen atoms in total. The molecule has 0 radical (unpaired) electrons. The van der Waals surface area contributed by atoms with Crippen LogP contribution in [0.25, 0.3) is 0 Å². The maximum Gasteiger partial charge on any atom is 0.432 e. The van der Waals surface area contributed by atoms with E-state index < -0.39 is 23.3 Å². The van der Waals surface area contributed by atoms with Gasteiger partial charge in [0.05, 0.1) is 12.7 Å². The Labute approximate surface area is 93.6 Å². The van der Waals surface area contributed by atoms with E-state index in [2.05, 4.69) is 4.74 Å². The van der Waals surface area contributed by atoms with Crippen LogP contribution in [0.1, 0.15) is 5.56 Å². The van der Waals surface area contributed by atoms with Crippen LogP contribution in [0.2, 0.25) is 0 Å². The number of esters is 1. The SMILES string of the molecule is COc1ccc2c(c1)C(O)(C(F)(F)F)C(=O)O2. The summed E-state index contributed by atoms with van der Waals surface area (Å²) in [6.45, 7) is 0. The number of aliphatic hydroxyl groups is 1. The van der Waals surface area contributed by atoms with E-state index in [1.54, 1.807) is 0 Å². The maximum absolute atomic E-state index is 12.7. The molecule has 1 aromatic carbocycles. The van der Waals surface area contributed by atoms with E-state index in [1.165, 1.54) is 13.2 Å². The summed E-state index contributed by atoms with van der Waals surface area (Å²) in [5, 5.41) is 9.51. The van der Waals surface area contributed by atoms with Crippen LogP contribution < -0.4 is 9.47 Å². The second-order valence-corrected chi connectivity index (χ2v) is 3.46. The molecule has 1 heterocycles. The molecule has 0 saturated heterocycles. The van der Waals surface area contributed by atoms with E-state index in [1.807, 2.05) is 0 Å². The van der Waals surface area contributed by atoms with E-state index in [9.17, 15) is 23.1 Å². The third kappa shape index (κ3) is 1.46. The molecule has 0 aliphatic carbocycles. The normalized spacial score (nSPS) is 23.2. The number of rotatable bonds is 1. The summed E-state index contributed by atoms with van der Waals surface area (Å²) in [6.07, 6.45) is -5.15. The Morgan fingerprint density at radius 2 is 2.06 bits per heavy atom. The fourth-order valence-electron chi connectivity index (χ4n) is 1.56. The number of carbonyl (C=O) groups is 1. The van der Waals surface area contributed by atoms with Crippen LogP contribution in [0.5, 0.6) is 11.5 Å². The first-order chi connectivity index (χ1) is 7.80. The summed E-state index contributed by atoms with van der Waals surface area (Å²) in [5.74, 6) is -1.99. The second kappa shape index (κ2) is 3.36. The number of alkyl halides is 3. The van der Waals surface area contributed by atoms with Crippen molar-refractivity contribution in [2.45, 2.75) is 11.8 Å². The largest absolute Gasteiger partial charge is 0.497 e. The van der Waals surface area contributed by atoms with Gasteiger partial charge in [0, 0.05) is 0 Å². The number of benzene rings is 1. The maximum atomic E-state index is 12.7. The Balaban J connectivity index is 2.64. The van der Waals surface area contributed by atoms with Gasteiger partial charge in [-0.05, 0) is 18.2 Å². The highest BCUT2D eigenvalue weighted by atomic mass is 19.4. The molecule has 17 heavy (non-hydrogen) atoms. The van der Waals surface area contributed by atoms with Crippen LogP contribution >= 0.6 is 0 Å². The predicted molar refractivity (Wildman–Crippen MR) is 48.6 cm³/mol. The van der Waals surface area contributed by atoms with Gasteiger partial charge in [-0.1, -0.05) is 0 Å². The van der Waals surface area contributed by atoms with Gasteiger partial charge in [0.15, 0.2) is 0 Å². The number of hydrogen-bond donors (Lipinski definition) is 1. The monoisotopic (exact) mass is 248 g/mol. The van der Waals surface area contributed by atoms with Gasteiger partial charge >= 0.3 is 12.1 Å². The van der Waals surface area contributed by atoms with E-state index in [4.69, 9.17) is 4.74 Å². The quantitative estimate of drug-likeness (QED) is 0.602. The molecular weight excluding hydrogens is 241 g/mol. The lowest BCUT2D eigenvalue weighted by atomic mass is 9.94. The summed E-state index contributed by atoms with van der Waals surface area (Å²) < 4.78 is 47.3. The molecule has 0 fully saturated rings. The molecule has 1 atom stereocenters. The first-order valence-electron chi connectivity index (χ1n) is 4.50. The summed E-state index contributed by atoms with van der Waals surface area (Å²) in [5.41, 5.74) is -4.29. The molecule has 7 heteroatoms. The van der Waals surface area contributed by atoms with Crippen molar-refractivity contribution in [3.63, 3.8) is 0 Å². The number of hydrogen-bond acceptors (Lipinski definition) is 4. The highest BCUT2D eigenvalue weighted by Gasteiger charge is 2.66. The standard InChI is InChI=1S/C10H7F3O4/c1-16-5-2-3-7-6(4-5)9(15,8(14)17-7)10(11,12)13/h2-4,15H,1H3. The van der Waals surface area contributed by atoms with Gasteiger partial charge < -0.3 is 14.6 Å². The zero-order valence-corrected chi connectivity index (χ0v) is 8.54. The van der Waals surface area contributed by atoms with Crippen molar-refractivity contribution in [3.05, 3.63) is 23.8 Å².